The van der Waals surface area contributed by atoms with Crippen molar-refractivity contribution in [2.24, 2.45) is 12.0 Å². The van der Waals surface area contributed by atoms with Crippen LogP contribution in [-0.4, -0.2) is 60.0 Å². The number of ether oxygens (including phenoxy) is 2. The first-order valence-corrected chi connectivity index (χ1v) is 9.98. The minimum Gasteiger partial charge on any atom is -0.494 e. The van der Waals surface area contributed by atoms with Crippen LogP contribution in [0.5, 0.6) is 5.75 Å². The molecule has 2 aromatic rings. The number of aliphatic imine (C=N–C) groups is 1. The van der Waals surface area contributed by atoms with Crippen molar-refractivity contribution in [3.8, 4) is 5.75 Å². The highest BCUT2D eigenvalue weighted by molar-refractivity contribution is 5.80. The predicted molar refractivity (Wildman–Crippen MR) is 111 cm³/mol. The highest BCUT2D eigenvalue weighted by Crippen LogP contribution is 2.21. The first-order chi connectivity index (χ1) is 13.7. The minimum absolute atomic E-state index is 0.0242. The fraction of sp³-hybridized carbons (Fsp3) is 0.524. The molecule has 0 spiro atoms. The maximum absolute atomic E-state index is 5.94. The molecule has 152 valence electrons. The van der Waals surface area contributed by atoms with Crippen LogP contribution >= 0.6 is 0 Å². The summed E-state index contributed by atoms with van der Waals surface area (Å²) in [5.41, 5.74) is 2.34. The third kappa shape index (κ3) is 5.73. The molecule has 0 amide bonds. The average Bonchev–Trinajstić information content (AvgIpc) is 3.15. The quantitative estimate of drug-likeness (QED) is 0.451. The smallest absolute Gasteiger partial charge is 0.194 e. The van der Waals surface area contributed by atoms with Crippen molar-refractivity contribution in [3.05, 3.63) is 47.8 Å². The lowest BCUT2D eigenvalue weighted by Crippen LogP contribution is -2.48. The predicted octanol–water partition coefficient (Wildman–Crippen LogP) is 2.54. The zero-order valence-electron chi connectivity index (χ0n) is 17.1. The molecule has 0 radical (unpaired) electrons. The number of hydrogen-bond acceptors (Lipinski definition) is 4. The maximum Gasteiger partial charge on any atom is 0.194 e. The molecule has 2 heterocycles. The number of rotatable bonds is 7. The second-order valence-corrected chi connectivity index (χ2v) is 7.00. The van der Waals surface area contributed by atoms with Crippen molar-refractivity contribution in [2.75, 3.05) is 39.4 Å². The number of benzene rings is 1. The second kappa shape index (κ2) is 10.1. The molecule has 3 rings (SSSR count). The maximum atomic E-state index is 5.94. The van der Waals surface area contributed by atoms with Gasteiger partial charge in [-0.3, -0.25) is 9.67 Å². The molecule has 1 aromatic carbocycles. The molecule has 1 aliphatic rings. The van der Waals surface area contributed by atoms with Crippen LogP contribution in [0.2, 0.25) is 0 Å². The molecule has 1 aliphatic heterocycles. The first-order valence-electron chi connectivity index (χ1n) is 9.98. The summed E-state index contributed by atoms with van der Waals surface area (Å²) < 4.78 is 13.5. The Morgan fingerprint density at radius 1 is 1.36 bits per heavy atom. The van der Waals surface area contributed by atoms with Crippen LogP contribution in [0, 0.1) is 6.92 Å². The van der Waals surface area contributed by atoms with Crippen molar-refractivity contribution in [2.45, 2.75) is 26.4 Å². The van der Waals surface area contributed by atoms with Gasteiger partial charge in [-0.2, -0.15) is 5.10 Å². The largest absolute Gasteiger partial charge is 0.494 e. The van der Waals surface area contributed by atoms with Gasteiger partial charge in [0.25, 0.3) is 0 Å². The number of hydrogen-bond donors (Lipinski definition) is 1. The molecule has 0 bridgehead atoms. The van der Waals surface area contributed by atoms with E-state index in [2.05, 4.69) is 41.3 Å². The molecule has 0 saturated carbocycles. The Bertz CT molecular complexity index is 756. The summed E-state index contributed by atoms with van der Waals surface area (Å²) in [5.74, 6) is 1.85. The molecule has 1 aromatic heterocycles. The Labute approximate surface area is 167 Å². The number of nitrogens with one attached hydrogen (secondary N) is 1. The van der Waals surface area contributed by atoms with Gasteiger partial charge in [0.1, 0.15) is 11.9 Å². The third-order valence-electron chi connectivity index (χ3n) is 4.65. The van der Waals surface area contributed by atoms with Crippen LogP contribution in [0.25, 0.3) is 0 Å². The molecular weight excluding hydrogens is 354 g/mol. The molecule has 7 heteroatoms. The lowest BCUT2D eigenvalue weighted by Gasteiger charge is -2.34. The number of aromatic nitrogens is 2. The molecule has 0 aliphatic carbocycles. The topological polar surface area (TPSA) is 63.9 Å². The zero-order chi connectivity index (χ0) is 19.8. The summed E-state index contributed by atoms with van der Waals surface area (Å²) in [6.45, 7) is 8.69. The molecule has 1 saturated heterocycles. The van der Waals surface area contributed by atoms with E-state index in [0.29, 0.717) is 13.2 Å². The SMILES string of the molecule is CCNC(=NCCCOc1ccc(C)cc1)N1CCOC(c2cnn(C)c2)C1. The standard InChI is InChI=1S/C21H31N5O2/c1-4-22-21(23-10-5-12-27-19-8-6-17(2)7-9-19)26-11-13-28-20(16-26)18-14-24-25(3)15-18/h6-9,14-15,20H,4-5,10-13,16H2,1-3H3,(H,22,23). The van der Waals surface area contributed by atoms with Gasteiger partial charge in [0.05, 0.1) is 26.0 Å². The number of aryl methyl sites for hydroxylation is 2. The van der Waals surface area contributed by atoms with E-state index in [1.54, 1.807) is 0 Å². The normalized spacial score (nSPS) is 17.6. The van der Waals surface area contributed by atoms with E-state index in [1.165, 1.54) is 5.56 Å². The van der Waals surface area contributed by atoms with Gasteiger partial charge in [-0.1, -0.05) is 17.7 Å². The Morgan fingerprint density at radius 2 is 2.18 bits per heavy atom. The fourth-order valence-electron chi connectivity index (χ4n) is 3.15. The van der Waals surface area contributed by atoms with E-state index >= 15 is 0 Å². The first kappa shape index (κ1) is 20.2. The third-order valence-corrected chi connectivity index (χ3v) is 4.65. The number of guanidine groups is 1. The summed E-state index contributed by atoms with van der Waals surface area (Å²) >= 11 is 0. The van der Waals surface area contributed by atoms with E-state index in [-0.39, 0.29) is 6.10 Å². The van der Waals surface area contributed by atoms with E-state index in [9.17, 15) is 0 Å². The summed E-state index contributed by atoms with van der Waals surface area (Å²) in [6.07, 6.45) is 4.79. The second-order valence-electron chi connectivity index (χ2n) is 7.00. The highest BCUT2D eigenvalue weighted by Gasteiger charge is 2.25. The van der Waals surface area contributed by atoms with Gasteiger partial charge in [0.2, 0.25) is 0 Å². The molecule has 7 nitrogen and oxygen atoms in total. The van der Waals surface area contributed by atoms with Crippen molar-refractivity contribution in [3.63, 3.8) is 0 Å². The van der Waals surface area contributed by atoms with Gasteiger partial charge in [-0.05, 0) is 26.0 Å². The van der Waals surface area contributed by atoms with Crippen LogP contribution in [0.1, 0.15) is 30.6 Å². The van der Waals surface area contributed by atoms with Crippen LogP contribution < -0.4 is 10.1 Å². The minimum atomic E-state index is 0.0242. The van der Waals surface area contributed by atoms with Gasteiger partial charge in [-0.25, -0.2) is 0 Å². The Kier molecular flexibility index (Phi) is 7.31. The monoisotopic (exact) mass is 385 g/mol. The van der Waals surface area contributed by atoms with Crippen LogP contribution in [0.15, 0.2) is 41.7 Å². The number of nitrogens with zero attached hydrogens (tertiary/aromatic N) is 4. The van der Waals surface area contributed by atoms with E-state index in [4.69, 9.17) is 14.5 Å². The van der Waals surface area contributed by atoms with E-state index < -0.39 is 0 Å². The molecular formula is C21H31N5O2. The fourth-order valence-corrected chi connectivity index (χ4v) is 3.15. The van der Waals surface area contributed by atoms with Crippen LogP contribution in [0.4, 0.5) is 0 Å². The molecule has 1 unspecified atom stereocenters. The summed E-state index contributed by atoms with van der Waals surface area (Å²) in [4.78, 5) is 7.06. The van der Waals surface area contributed by atoms with Crippen molar-refractivity contribution >= 4 is 5.96 Å². The van der Waals surface area contributed by atoms with Crippen LogP contribution in [0.3, 0.4) is 0 Å². The van der Waals surface area contributed by atoms with Gasteiger partial charge in [0, 0.05) is 44.9 Å². The van der Waals surface area contributed by atoms with Gasteiger partial charge in [0.15, 0.2) is 5.96 Å². The molecule has 1 atom stereocenters. The Hall–Kier alpha value is -2.54. The Morgan fingerprint density at radius 3 is 2.89 bits per heavy atom. The molecule has 1 N–H and O–H groups in total. The Balaban J connectivity index is 1.50. The zero-order valence-corrected chi connectivity index (χ0v) is 17.1. The lowest BCUT2D eigenvalue weighted by atomic mass is 10.1. The van der Waals surface area contributed by atoms with Gasteiger partial charge in [-0.15, -0.1) is 0 Å². The van der Waals surface area contributed by atoms with E-state index in [0.717, 1.165) is 49.9 Å². The number of morpholine rings is 1. The summed E-state index contributed by atoms with van der Waals surface area (Å²) in [7, 11) is 1.92. The summed E-state index contributed by atoms with van der Waals surface area (Å²) in [5, 5.41) is 7.66. The van der Waals surface area contributed by atoms with Crippen LogP contribution in [-0.2, 0) is 11.8 Å². The van der Waals surface area contributed by atoms with E-state index in [1.807, 2.05) is 36.3 Å². The van der Waals surface area contributed by atoms with Gasteiger partial charge >= 0.3 is 0 Å². The molecule has 1 fully saturated rings. The van der Waals surface area contributed by atoms with Crippen molar-refractivity contribution < 1.29 is 9.47 Å². The van der Waals surface area contributed by atoms with Crippen molar-refractivity contribution in [1.82, 2.24) is 20.0 Å². The van der Waals surface area contributed by atoms with Gasteiger partial charge < -0.3 is 19.7 Å². The lowest BCUT2D eigenvalue weighted by molar-refractivity contribution is -0.00804. The highest BCUT2D eigenvalue weighted by atomic mass is 16.5. The summed E-state index contributed by atoms with van der Waals surface area (Å²) in [6, 6.07) is 8.14. The molecule has 28 heavy (non-hydrogen) atoms. The average molecular weight is 386 g/mol. The van der Waals surface area contributed by atoms with Crippen molar-refractivity contribution in [1.29, 1.82) is 0 Å².